The van der Waals surface area contributed by atoms with Crippen molar-refractivity contribution in [1.82, 2.24) is 10.3 Å². The fourth-order valence-corrected chi connectivity index (χ4v) is 3.08. The van der Waals surface area contributed by atoms with E-state index in [9.17, 15) is 0 Å². The average Bonchev–Trinajstić information content (AvgIpc) is 2.67. The Morgan fingerprint density at radius 2 is 1.32 bits per heavy atom. The van der Waals surface area contributed by atoms with Gasteiger partial charge in [-0.25, -0.2) is 4.98 Å². The molecule has 0 radical (unpaired) electrons. The van der Waals surface area contributed by atoms with Gasteiger partial charge in [0.1, 0.15) is 0 Å². The van der Waals surface area contributed by atoms with Gasteiger partial charge in [-0.2, -0.15) is 0 Å². The van der Waals surface area contributed by atoms with Crippen LogP contribution in [0.15, 0.2) is 78.9 Å². The van der Waals surface area contributed by atoms with Crippen LogP contribution in [0, 0.1) is 0 Å². The fourth-order valence-electron chi connectivity index (χ4n) is 2.91. The summed E-state index contributed by atoms with van der Waals surface area (Å²) in [6.45, 7) is 0.688. The second-order valence-electron chi connectivity index (χ2n) is 5.81. The number of anilines is 1. The molecule has 0 amide bonds. The van der Waals surface area contributed by atoms with E-state index in [-0.39, 0.29) is 0 Å². The van der Waals surface area contributed by atoms with Crippen molar-refractivity contribution in [2.45, 2.75) is 6.54 Å². The Hall–Kier alpha value is -2.98. The second-order valence-corrected chi connectivity index (χ2v) is 6.22. The Bertz CT molecular complexity index is 991. The normalized spacial score (nSPS) is 10.7. The van der Waals surface area contributed by atoms with Crippen molar-refractivity contribution in [3.63, 3.8) is 0 Å². The van der Waals surface area contributed by atoms with E-state index in [0.717, 1.165) is 27.5 Å². The molecule has 0 aliphatic rings. The van der Waals surface area contributed by atoms with Crippen LogP contribution in [0.25, 0.3) is 21.8 Å². The summed E-state index contributed by atoms with van der Waals surface area (Å²) in [5, 5.41) is 9.38. The van der Waals surface area contributed by atoms with Crippen LogP contribution < -0.4 is 10.6 Å². The number of hydrogen-bond donors (Lipinski definition) is 2. The first-order valence-corrected chi connectivity index (χ1v) is 8.58. The molecule has 0 atom stereocenters. The third kappa shape index (κ3) is 3.30. The first kappa shape index (κ1) is 15.5. The van der Waals surface area contributed by atoms with Crippen molar-refractivity contribution < 1.29 is 0 Å². The zero-order valence-corrected chi connectivity index (χ0v) is 14.4. The van der Waals surface area contributed by atoms with E-state index < -0.39 is 0 Å². The molecule has 1 aromatic heterocycles. The zero-order valence-electron chi connectivity index (χ0n) is 13.6. The van der Waals surface area contributed by atoms with E-state index in [1.807, 2.05) is 54.6 Å². The predicted molar refractivity (Wildman–Crippen MR) is 109 cm³/mol. The summed E-state index contributed by atoms with van der Waals surface area (Å²) in [7, 11) is 0. The Morgan fingerprint density at radius 3 is 1.96 bits per heavy atom. The maximum atomic E-state index is 5.52. The van der Waals surface area contributed by atoms with Crippen LogP contribution >= 0.6 is 12.2 Å². The van der Waals surface area contributed by atoms with Crippen molar-refractivity contribution in [2.24, 2.45) is 0 Å². The van der Waals surface area contributed by atoms with E-state index in [1.54, 1.807) is 0 Å². The number of para-hydroxylation sites is 2. The lowest BCUT2D eigenvalue weighted by Gasteiger charge is -2.15. The Labute approximate surface area is 151 Å². The largest absolute Gasteiger partial charge is 0.358 e. The van der Waals surface area contributed by atoms with Crippen LogP contribution in [0.1, 0.15) is 5.56 Å². The van der Waals surface area contributed by atoms with Gasteiger partial charge in [-0.05, 0) is 29.9 Å². The van der Waals surface area contributed by atoms with Gasteiger partial charge in [0.05, 0.1) is 16.7 Å². The van der Waals surface area contributed by atoms with Crippen LogP contribution in [0.2, 0.25) is 0 Å². The van der Waals surface area contributed by atoms with Gasteiger partial charge in [0.15, 0.2) is 5.11 Å². The molecule has 0 aliphatic carbocycles. The van der Waals surface area contributed by atoms with Crippen molar-refractivity contribution in [3.8, 4) is 0 Å². The molecular formula is C21H17N3S. The second kappa shape index (κ2) is 6.87. The van der Waals surface area contributed by atoms with E-state index >= 15 is 0 Å². The maximum absolute atomic E-state index is 5.52. The molecule has 2 N–H and O–H groups in total. The predicted octanol–water partition coefficient (Wildman–Crippen LogP) is 4.87. The Morgan fingerprint density at radius 1 is 0.760 bits per heavy atom. The van der Waals surface area contributed by atoms with Crippen molar-refractivity contribution in [2.75, 3.05) is 5.32 Å². The smallest absolute Gasteiger partial charge is 0.171 e. The van der Waals surface area contributed by atoms with Crippen LogP contribution in [-0.2, 0) is 6.54 Å². The van der Waals surface area contributed by atoms with Crippen LogP contribution in [0.4, 0.5) is 5.69 Å². The molecule has 4 rings (SSSR count). The van der Waals surface area contributed by atoms with Gasteiger partial charge in [-0.15, -0.1) is 0 Å². The maximum Gasteiger partial charge on any atom is 0.171 e. The van der Waals surface area contributed by atoms with Crippen LogP contribution in [0.5, 0.6) is 0 Å². The van der Waals surface area contributed by atoms with Gasteiger partial charge in [0.25, 0.3) is 0 Å². The number of thiocarbonyl (C=S) groups is 1. The molecule has 0 saturated heterocycles. The molecule has 0 saturated carbocycles. The van der Waals surface area contributed by atoms with E-state index in [2.05, 4.69) is 34.9 Å². The van der Waals surface area contributed by atoms with Crippen molar-refractivity contribution in [1.29, 1.82) is 0 Å². The molecule has 3 aromatic carbocycles. The standard InChI is InChI=1S/C21H17N3S/c25-21(22-14-15-8-2-1-3-9-15)24-20-16-10-4-6-12-18(16)23-19-13-7-5-11-17(19)20/h1-13H,14H2,(H2,22,23,24,25). The fraction of sp³-hybridized carbons (Fsp3) is 0.0476. The summed E-state index contributed by atoms with van der Waals surface area (Å²) in [5.74, 6) is 0. The molecule has 3 nitrogen and oxygen atoms in total. The van der Waals surface area contributed by atoms with E-state index in [1.165, 1.54) is 5.56 Å². The quantitative estimate of drug-likeness (QED) is 0.411. The third-order valence-corrected chi connectivity index (χ3v) is 4.37. The molecule has 122 valence electrons. The van der Waals surface area contributed by atoms with Crippen LogP contribution in [0.3, 0.4) is 0 Å². The highest BCUT2D eigenvalue weighted by Gasteiger charge is 2.09. The molecule has 0 fully saturated rings. The van der Waals surface area contributed by atoms with Gasteiger partial charge in [0, 0.05) is 17.3 Å². The number of aromatic nitrogens is 1. The summed E-state index contributed by atoms with van der Waals surface area (Å²) in [6, 6.07) is 26.4. The Balaban J connectivity index is 1.66. The number of nitrogens with zero attached hydrogens (tertiary/aromatic N) is 1. The highest BCUT2D eigenvalue weighted by Crippen LogP contribution is 2.30. The topological polar surface area (TPSA) is 37.0 Å². The molecule has 0 spiro atoms. The molecule has 0 aliphatic heterocycles. The number of pyridine rings is 1. The molecular weight excluding hydrogens is 326 g/mol. The van der Waals surface area contributed by atoms with E-state index in [0.29, 0.717) is 11.7 Å². The third-order valence-electron chi connectivity index (χ3n) is 4.12. The van der Waals surface area contributed by atoms with Gasteiger partial charge in [-0.1, -0.05) is 66.7 Å². The molecule has 4 heteroatoms. The monoisotopic (exact) mass is 343 g/mol. The molecule has 0 unspecified atom stereocenters. The zero-order chi connectivity index (χ0) is 17.1. The Kier molecular flexibility index (Phi) is 4.27. The van der Waals surface area contributed by atoms with Gasteiger partial charge in [-0.3, -0.25) is 0 Å². The molecule has 25 heavy (non-hydrogen) atoms. The number of nitrogens with one attached hydrogen (secondary N) is 2. The highest BCUT2D eigenvalue weighted by molar-refractivity contribution is 7.80. The summed E-state index contributed by atoms with van der Waals surface area (Å²) < 4.78 is 0. The van der Waals surface area contributed by atoms with Gasteiger partial charge in [0.2, 0.25) is 0 Å². The lowest BCUT2D eigenvalue weighted by molar-refractivity contribution is 0.926. The lowest BCUT2D eigenvalue weighted by atomic mass is 10.1. The molecule has 4 aromatic rings. The summed E-state index contributed by atoms with van der Waals surface area (Å²) in [6.07, 6.45) is 0. The van der Waals surface area contributed by atoms with Crippen LogP contribution in [-0.4, -0.2) is 10.1 Å². The number of fused-ring (bicyclic) bond motifs is 2. The van der Waals surface area contributed by atoms with Gasteiger partial charge < -0.3 is 10.6 Å². The summed E-state index contributed by atoms with van der Waals surface area (Å²) in [5.41, 5.74) is 4.09. The van der Waals surface area contributed by atoms with Crippen molar-refractivity contribution in [3.05, 3.63) is 84.4 Å². The lowest BCUT2D eigenvalue weighted by Crippen LogP contribution is -2.28. The first-order valence-electron chi connectivity index (χ1n) is 8.17. The first-order chi connectivity index (χ1) is 12.3. The molecule has 1 heterocycles. The number of rotatable bonds is 3. The molecule has 0 bridgehead atoms. The van der Waals surface area contributed by atoms with E-state index in [4.69, 9.17) is 17.2 Å². The number of benzene rings is 3. The highest BCUT2D eigenvalue weighted by atomic mass is 32.1. The average molecular weight is 343 g/mol. The van der Waals surface area contributed by atoms with Gasteiger partial charge >= 0.3 is 0 Å². The van der Waals surface area contributed by atoms with Crippen molar-refractivity contribution >= 4 is 44.8 Å². The minimum Gasteiger partial charge on any atom is -0.358 e. The summed E-state index contributed by atoms with van der Waals surface area (Å²) >= 11 is 5.52. The number of hydrogen-bond acceptors (Lipinski definition) is 2. The minimum absolute atomic E-state index is 0.602. The summed E-state index contributed by atoms with van der Waals surface area (Å²) in [4.78, 5) is 4.74. The minimum atomic E-state index is 0.602. The SMILES string of the molecule is S=C(NCc1ccccc1)Nc1c2ccccc2nc2ccccc12.